The van der Waals surface area contributed by atoms with Gasteiger partial charge in [-0.25, -0.2) is 0 Å². The van der Waals surface area contributed by atoms with Crippen molar-refractivity contribution in [2.24, 2.45) is 0 Å². The topological polar surface area (TPSA) is 56.4 Å². The molecule has 0 aliphatic rings. The van der Waals surface area contributed by atoms with Gasteiger partial charge in [-0.1, -0.05) is 0 Å². The molecule has 0 N–H and O–H groups in total. The van der Waals surface area contributed by atoms with Crippen LogP contribution in [-0.2, 0) is 21.7 Å². The van der Waals surface area contributed by atoms with Crippen LogP contribution in [0.2, 0.25) is 4.68 Å². The monoisotopic (exact) mass is 616 g/mol. The molecular weight excluding hydrogens is 567 g/mol. The second-order valence-corrected chi connectivity index (χ2v) is 15.1. The maximum absolute atomic E-state index is 5.34. The van der Waals surface area contributed by atoms with E-state index in [1.165, 1.54) is 33.6 Å². The molecule has 2 aromatic carbocycles. The molecule has 35 heavy (non-hydrogen) atoms. The summed E-state index contributed by atoms with van der Waals surface area (Å²) >= 11 is -2.48. The minimum Gasteiger partial charge on any atom is -0.668 e. The molecule has 0 bridgehead atoms. The van der Waals surface area contributed by atoms with Gasteiger partial charge in [0.2, 0.25) is 0 Å². The summed E-state index contributed by atoms with van der Waals surface area (Å²) in [5, 5.41) is 7.00. The van der Waals surface area contributed by atoms with Crippen molar-refractivity contribution in [1.82, 2.24) is 0 Å². The van der Waals surface area contributed by atoms with Gasteiger partial charge < -0.3 is 10.6 Å². The van der Waals surface area contributed by atoms with Crippen molar-refractivity contribution in [2.45, 2.75) is 83.7 Å². The minimum atomic E-state index is -2.48. The SMILES string of the molecule is CC(C)c1cccc(C(C)C)c1[N-][In]([CH3])[N-]c1c(C(C)C)cccc1C(C)C.C[N-]C.C[N-]C.[Ti+4]. The molecule has 0 aromatic heterocycles. The summed E-state index contributed by atoms with van der Waals surface area (Å²) in [4.78, 5) is 0. The molecule has 0 heterocycles. The molecule has 0 radical (unpaired) electrons. The molecule has 0 saturated carbocycles. The molecule has 0 fully saturated rings. The van der Waals surface area contributed by atoms with E-state index in [-0.39, 0.29) is 21.7 Å². The Labute approximate surface area is 241 Å². The first-order chi connectivity index (χ1) is 16.0. The number of benzene rings is 2. The summed E-state index contributed by atoms with van der Waals surface area (Å²) in [6, 6.07) is 13.4. The van der Waals surface area contributed by atoms with Crippen molar-refractivity contribution in [3.63, 3.8) is 0 Å². The van der Waals surface area contributed by atoms with E-state index >= 15 is 0 Å². The predicted octanol–water partition coefficient (Wildman–Crippen LogP) is 10.2. The van der Waals surface area contributed by atoms with Crippen molar-refractivity contribution in [1.29, 1.82) is 0 Å². The predicted molar refractivity (Wildman–Crippen MR) is 157 cm³/mol. The van der Waals surface area contributed by atoms with E-state index in [1.807, 2.05) is 0 Å². The normalized spacial score (nSPS) is 10.3. The van der Waals surface area contributed by atoms with E-state index < -0.39 is 22.0 Å². The summed E-state index contributed by atoms with van der Waals surface area (Å²) in [7, 11) is 7.00. The van der Waals surface area contributed by atoms with Gasteiger partial charge in [-0.2, -0.15) is 28.2 Å². The Balaban J connectivity index is 0. The molecule has 192 valence electrons. The quantitative estimate of drug-likeness (QED) is 0.265. The Hall–Kier alpha value is -0.456. The Morgan fingerprint density at radius 3 is 0.886 bits per heavy atom. The largest absolute Gasteiger partial charge is 4.00 e. The molecule has 0 saturated heterocycles. The van der Waals surface area contributed by atoms with E-state index in [4.69, 9.17) is 6.61 Å². The van der Waals surface area contributed by atoms with Gasteiger partial charge in [0.1, 0.15) is 0 Å². The molecule has 6 heteroatoms. The molecule has 0 unspecified atom stereocenters. The molecule has 4 nitrogen and oxygen atoms in total. The summed E-state index contributed by atoms with van der Waals surface area (Å²) in [5.41, 5.74) is 7.93. The van der Waals surface area contributed by atoms with Crippen LogP contribution < -0.4 is 0 Å². The third-order valence-electron chi connectivity index (χ3n) is 5.32. The smallest absolute Gasteiger partial charge is 0.668 e. The second kappa shape index (κ2) is 19.6. The van der Waals surface area contributed by atoms with Crippen LogP contribution in [0.3, 0.4) is 0 Å². The van der Waals surface area contributed by atoms with Crippen LogP contribution in [0.5, 0.6) is 0 Å². The van der Waals surface area contributed by atoms with Crippen molar-refractivity contribution < 1.29 is 21.7 Å². The van der Waals surface area contributed by atoms with Gasteiger partial charge in [0.25, 0.3) is 0 Å². The molecular formula is C29H49InN4Ti. The van der Waals surface area contributed by atoms with Crippen LogP contribution in [-0.4, -0.2) is 50.2 Å². The van der Waals surface area contributed by atoms with Crippen molar-refractivity contribution in [3.05, 3.63) is 75.9 Å². The number of hydrogen-bond donors (Lipinski definition) is 0. The Morgan fingerprint density at radius 2 is 0.714 bits per heavy atom. The summed E-state index contributed by atoms with van der Waals surface area (Å²) in [6.45, 7) is 18.1. The van der Waals surface area contributed by atoms with Crippen LogP contribution in [0.1, 0.15) is 101 Å². The molecule has 0 amide bonds. The van der Waals surface area contributed by atoms with Gasteiger partial charge in [0.05, 0.1) is 0 Å². The van der Waals surface area contributed by atoms with Crippen LogP contribution in [0.25, 0.3) is 17.2 Å². The third-order valence-corrected chi connectivity index (χ3v) is 8.92. The molecule has 0 atom stereocenters. The van der Waals surface area contributed by atoms with Crippen LogP contribution >= 0.6 is 0 Å². The van der Waals surface area contributed by atoms with E-state index in [9.17, 15) is 0 Å². The number of rotatable bonds is 8. The molecule has 0 aliphatic carbocycles. The molecule has 0 spiro atoms. The van der Waals surface area contributed by atoms with E-state index in [2.05, 4.69) is 107 Å². The van der Waals surface area contributed by atoms with Gasteiger partial charge >= 0.3 is 204 Å². The van der Waals surface area contributed by atoms with Crippen LogP contribution in [0.4, 0.5) is 11.4 Å². The summed E-state index contributed by atoms with van der Waals surface area (Å²) < 4.78 is 13.0. The first-order valence-corrected chi connectivity index (χ1v) is 18.8. The van der Waals surface area contributed by atoms with Crippen LogP contribution in [0.15, 0.2) is 36.4 Å². The third kappa shape index (κ3) is 12.6. The number of hydrogen-bond acceptors (Lipinski definition) is 0. The Bertz CT molecular complexity index is 702. The fraction of sp³-hybridized carbons (Fsp3) is 0.586. The summed E-state index contributed by atoms with van der Waals surface area (Å²) in [6.07, 6.45) is 0. The first kappa shape index (κ1) is 36.7. The Morgan fingerprint density at radius 1 is 0.514 bits per heavy atom. The standard InChI is InChI=1S/2C12H17N.2C2H6N.CH3.In.Ti/c2*1-8(2)10-6-5-7-11(9(3)4)12(10)13;2*1-3-2;;;/h2*5-9H,1-4H3;2*1-2H3;1H3;;/q4*-1;;;+4. The average Bonchev–Trinajstić information content (AvgIpc) is 2.74. The maximum Gasteiger partial charge on any atom is 4.00 e. The van der Waals surface area contributed by atoms with Gasteiger partial charge in [0, 0.05) is 0 Å². The molecule has 2 aromatic rings. The van der Waals surface area contributed by atoms with Crippen molar-refractivity contribution >= 4 is 33.4 Å². The van der Waals surface area contributed by atoms with Gasteiger partial charge in [-0.15, -0.1) is 0 Å². The summed E-state index contributed by atoms with van der Waals surface area (Å²) in [5.74, 6) is 1.91. The minimum absolute atomic E-state index is 0. The maximum atomic E-state index is 5.34. The van der Waals surface area contributed by atoms with E-state index in [1.54, 1.807) is 28.2 Å². The zero-order chi connectivity index (χ0) is 26.4. The van der Waals surface area contributed by atoms with E-state index in [0.29, 0.717) is 23.7 Å². The fourth-order valence-electron chi connectivity index (χ4n) is 3.72. The van der Waals surface area contributed by atoms with Crippen molar-refractivity contribution in [3.8, 4) is 0 Å². The Kier molecular flexibility index (Phi) is 20.6. The van der Waals surface area contributed by atoms with Gasteiger partial charge in [-0.3, -0.25) is 0 Å². The van der Waals surface area contributed by atoms with Gasteiger partial charge in [-0.05, 0) is 0 Å². The molecule has 0 aliphatic heterocycles. The average molecular weight is 616 g/mol. The zero-order valence-electron chi connectivity index (χ0n) is 24.6. The first-order valence-electron chi connectivity index (χ1n) is 12.6. The van der Waals surface area contributed by atoms with Crippen molar-refractivity contribution in [2.75, 3.05) is 28.2 Å². The molecule has 2 rings (SSSR count). The van der Waals surface area contributed by atoms with Gasteiger partial charge in [0.15, 0.2) is 0 Å². The second-order valence-electron chi connectivity index (χ2n) is 9.97. The van der Waals surface area contributed by atoms with E-state index in [0.717, 1.165) is 0 Å². The number of nitrogens with zero attached hydrogens (tertiary/aromatic N) is 4. The van der Waals surface area contributed by atoms with Crippen LogP contribution in [0, 0.1) is 0 Å². The zero-order valence-corrected chi connectivity index (χ0v) is 29.5. The fourth-order valence-corrected chi connectivity index (χ4v) is 7.72.